The Labute approximate surface area is 170 Å². The van der Waals surface area contributed by atoms with E-state index in [0.29, 0.717) is 5.57 Å². The van der Waals surface area contributed by atoms with Crippen molar-refractivity contribution in [2.45, 2.75) is 26.8 Å². The smallest absolute Gasteiger partial charge is 0.255 e. The number of allylic oxidation sites excluding steroid dienone is 1. The molecule has 0 spiro atoms. The Morgan fingerprint density at radius 1 is 1.21 bits per heavy atom. The van der Waals surface area contributed by atoms with E-state index in [4.69, 9.17) is 9.73 Å². The van der Waals surface area contributed by atoms with E-state index in [1.807, 2.05) is 62.4 Å². The molecule has 0 radical (unpaired) electrons. The predicted molar refractivity (Wildman–Crippen MR) is 117 cm³/mol. The van der Waals surface area contributed by atoms with Crippen LogP contribution in [0.15, 0.2) is 64.8 Å². The largest absolute Gasteiger partial charge is 0.496 e. The molecular formula is C22H25N3O2S. The van der Waals surface area contributed by atoms with Crippen LogP contribution < -0.4 is 15.4 Å². The second-order valence-corrected chi connectivity index (χ2v) is 7.74. The molecule has 1 aliphatic heterocycles. The Hall–Kier alpha value is -2.73. The second kappa shape index (κ2) is 8.97. The van der Waals surface area contributed by atoms with Crippen LogP contribution in [0.5, 0.6) is 5.75 Å². The highest BCUT2D eigenvalue weighted by atomic mass is 32.2. The van der Waals surface area contributed by atoms with Crippen molar-refractivity contribution in [2.24, 2.45) is 4.99 Å². The number of nitrogens with zero attached hydrogens (tertiary/aromatic N) is 1. The molecule has 3 rings (SSSR count). The number of aryl methyl sites for hydroxylation is 1. The molecule has 1 aliphatic rings. The van der Waals surface area contributed by atoms with Gasteiger partial charge in [0.2, 0.25) is 0 Å². The molecule has 1 heterocycles. The number of para-hydroxylation sites is 1. The maximum atomic E-state index is 13.1. The maximum Gasteiger partial charge on any atom is 0.255 e. The Balaban J connectivity index is 2.00. The molecule has 5 nitrogen and oxygen atoms in total. The van der Waals surface area contributed by atoms with Gasteiger partial charge in [-0.1, -0.05) is 49.0 Å². The van der Waals surface area contributed by atoms with E-state index < -0.39 is 6.04 Å². The molecule has 146 valence electrons. The first-order valence-electron chi connectivity index (χ1n) is 9.22. The SMILES string of the molecule is CCSC1=N[C@@H](c2ccc(C)c(OC)c2)C(C(=O)Nc2ccccc2)=C(C)N1. The summed E-state index contributed by atoms with van der Waals surface area (Å²) in [6.45, 7) is 6.00. The zero-order valence-electron chi connectivity index (χ0n) is 16.6. The van der Waals surface area contributed by atoms with Crippen LogP contribution in [0, 0.1) is 6.92 Å². The lowest BCUT2D eigenvalue weighted by Crippen LogP contribution is -2.32. The first-order valence-corrected chi connectivity index (χ1v) is 10.2. The molecule has 6 heteroatoms. The number of thioether (sulfide) groups is 1. The normalized spacial score (nSPS) is 16.3. The van der Waals surface area contributed by atoms with Crippen molar-refractivity contribution < 1.29 is 9.53 Å². The van der Waals surface area contributed by atoms with Gasteiger partial charge in [0.25, 0.3) is 5.91 Å². The van der Waals surface area contributed by atoms with Crippen LogP contribution in [-0.4, -0.2) is 23.9 Å². The summed E-state index contributed by atoms with van der Waals surface area (Å²) in [5.41, 5.74) is 4.14. The maximum absolute atomic E-state index is 13.1. The molecule has 2 N–H and O–H groups in total. The minimum atomic E-state index is -0.395. The fourth-order valence-corrected chi connectivity index (χ4v) is 3.80. The molecule has 0 bridgehead atoms. The van der Waals surface area contributed by atoms with Crippen molar-refractivity contribution >= 4 is 28.5 Å². The molecule has 0 aliphatic carbocycles. The summed E-state index contributed by atoms with van der Waals surface area (Å²) < 4.78 is 5.48. The lowest BCUT2D eigenvalue weighted by molar-refractivity contribution is -0.113. The summed E-state index contributed by atoms with van der Waals surface area (Å²) in [6, 6.07) is 15.0. The highest BCUT2D eigenvalue weighted by molar-refractivity contribution is 8.13. The molecule has 0 aromatic heterocycles. The second-order valence-electron chi connectivity index (χ2n) is 6.48. The van der Waals surface area contributed by atoms with Crippen LogP contribution in [0.25, 0.3) is 0 Å². The van der Waals surface area contributed by atoms with Crippen LogP contribution >= 0.6 is 11.8 Å². The summed E-state index contributed by atoms with van der Waals surface area (Å²) in [5, 5.41) is 7.08. The summed E-state index contributed by atoms with van der Waals surface area (Å²) in [7, 11) is 1.65. The van der Waals surface area contributed by atoms with Gasteiger partial charge in [-0.05, 0) is 48.9 Å². The number of amidine groups is 1. The molecular weight excluding hydrogens is 370 g/mol. The number of aliphatic imine (C=N–C) groups is 1. The highest BCUT2D eigenvalue weighted by Gasteiger charge is 2.29. The third kappa shape index (κ3) is 4.39. The lowest BCUT2D eigenvalue weighted by atomic mass is 9.94. The zero-order chi connectivity index (χ0) is 20.1. The summed E-state index contributed by atoms with van der Waals surface area (Å²) in [6.07, 6.45) is 0. The van der Waals surface area contributed by atoms with Crippen LogP contribution in [0.4, 0.5) is 5.69 Å². The number of anilines is 1. The van der Waals surface area contributed by atoms with Gasteiger partial charge < -0.3 is 15.4 Å². The Morgan fingerprint density at radius 2 is 1.96 bits per heavy atom. The van der Waals surface area contributed by atoms with E-state index >= 15 is 0 Å². The number of nitrogens with one attached hydrogen (secondary N) is 2. The van der Waals surface area contributed by atoms with E-state index in [1.54, 1.807) is 18.9 Å². The molecule has 1 atom stereocenters. The Kier molecular flexibility index (Phi) is 6.41. The number of hydrogen-bond acceptors (Lipinski definition) is 5. The van der Waals surface area contributed by atoms with Crippen molar-refractivity contribution in [2.75, 3.05) is 18.2 Å². The molecule has 0 saturated carbocycles. The number of ether oxygens (including phenoxy) is 1. The van der Waals surface area contributed by atoms with Gasteiger partial charge in [-0.2, -0.15) is 0 Å². The van der Waals surface area contributed by atoms with Crippen molar-refractivity contribution in [3.8, 4) is 5.75 Å². The first-order chi connectivity index (χ1) is 13.5. The lowest BCUT2D eigenvalue weighted by Gasteiger charge is -2.26. The van der Waals surface area contributed by atoms with Gasteiger partial charge >= 0.3 is 0 Å². The van der Waals surface area contributed by atoms with Gasteiger partial charge in [0, 0.05) is 11.4 Å². The number of hydrogen-bond donors (Lipinski definition) is 2. The van der Waals surface area contributed by atoms with E-state index in [-0.39, 0.29) is 5.91 Å². The number of amides is 1. The zero-order valence-corrected chi connectivity index (χ0v) is 17.4. The molecule has 0 unspecified atom stereocenters. The van der Waals surface area contributed by atoms with Gasteiger partial charge in [0.05, 0.1) is 12.7 Å². The molecule has 0 saturated heterocycles. The third-order valence-electron chi connectivity index (χ3n) is 4.52. The van der Waals surface area contributed by atoms with Gasteiger partial charge in [0.1, 0.15) is 11.8 Å². The van der Waals surface area contributed by atoms with Gasteiger partial charge in [-0.3, -0.25) is 4.79 Å². The summed E-state index contributed by atoms with van der Waals surface area (Å²) in [4.78, 5) is 18.0. The summed E-state index contributed by atoms with van der Waals surface area (Å²) >= 11 is 1.63. The van der Waals surface area contributed by atoms with Gasteiger partial charge in [0.15, 0.2) is 5.17 Å². The fourth-order valence-electron chi connectivity index (χ4n) is 3.12. The number of carbonyl (C=O) groups excluding carboxylic acids is 1. The third-order valence-corrected chi connectivity index (χ3v) is 5.29. The van der Waals surface area contributed by atoms with Crippen molar-refractivity contribution in [3.63, 3.8) is 0 Å². The topological polar surface area (TPSA) is 62.7 Å². The predicted octanol–water partition coefficient (Wildman–Crippen LogP) is 4.67. The number of methoxy groups -OCH3 is 1. The molecule has 0 fully saturated rings. The number of benzene rings is 2. The van der Waals surface area contributed by atoms with Crippen LogP contribution in [0.2, 0.25) is 0 Å². The molecule has 2 aromatic rings. The molecule has 28 heavy (non-hydrogen) atoms. The number of rotatable bonds is 5. The monoisotopic (exact) mass is 395 g/mol. The average Bonchev–Trinajstić information content (AvgIpc) is 2.69. The highest BCUT2D eigenvalue weighted by Crippen LogP contribution is 2.35. The van der Waals surface area contributed by atoms with Gasteiger partial charge in [-0.15, -0.1) is 0 Å². The van der Waals surface area contributed by atoms with E-state index in [1.165, 1.54) is 0 Å². The van der Waals surface area contributed by atoms with Crippen molar-refractivity contribution in [1.29, 1.82) is 0 Å². The first kappa shape index (κ1) is 20.0. The van der Waals surface area contributed by atoms with Gasteiger partial charge in [-0.25, -0.2) is 4.99 Å². The van der Waals surface area contributed by atoms with E-state index in [9.17, 15) is 4.79 Å². The number of carbonyl (C=O) groups is 1. The van der Waals surface area contributed by atoms with Crippen LogP contribution in [-0.2, 0) is 4.79 Å². The van der Waals surface area contributed by atoms with Crippen LogP contribution in [0.3, 0.4) is 0 Å². The van der Waals surface area contributed by atoms with Crippen molar-refractivity contribution in [3.05, 3.63) is 70.9 Å². The van der Waals surface area contributed by atoms with E-state index in [2.05, 4.69) is 17.6 Å². The van der Waals surface area contributed by atoms with Crippen molar-refractivity contribution in [1.82, 2.24) is 5.32 Å². The summed E-state index contributed by atoms with van der Waals surface area (Å²) in [5.74, 6) is 1.52. The molecule has 1 amide bonds. The Morgan fingerprint density at radius 3 is 2.64 bits per heavy atom. The minimum absolute atomic E-state index is 0.162. The minimum Gasteiger partial charge on any atom is -0.496 e. The van der Waals surface area contributed by atoms with E-state index in [0.717, 1.165) is 39.2 Å². The quantitative estimate of drug-likeness (QED) is 0.772. The van der Waals surface area contributed by atoms with Crippen LogP contribution in [0.1, 0.15) is 31.0 Å². The molecule has 2 aromatic carbocycles. The Bertz CT molecular complexity index is 923. The standard InChI is InChI=1S/C22H25N3O2S/c1-5-28-22-23-15(3)19(21(26)24-17-9-7-6-8-10-17)20(25-22)16-12-11-14(2)18(13-16)27-4/h6-13,20H,5H2,1-4H3,(H,23,25)(H,24,26)/t20-/m0/s1. The fraction of sp³-hybridized carbons (Fsp3) is 0.273. The average molecular weight is 396 g/mol.